The summed E-state index contributed by atoms with van der Waals surface area (Å²) in [5, 5.41) is 50.2. The topological polar surface area (TPSA) is 210 Å². The summed E-state index contributed by atoms with van der Waals surface area (Å²) in [4.78, 5) is 35.7. The number of carbonyl (C=O) groups excluding carboxylic acids is 2. The molecule has 0 aromatic heterocycles. The Morgan fingerprint density at radius 3 is 1.40 bits per heavy atom. The summed E-state index contributed by atoms with van der Waals surface area (Å²) in [6.07, 6.45) is 32.0. The second-order valence-electron chi connectivity index (χ2n) is 17.3. The first-order valence-electron chi connectivity index (χ1n) is 24.8. The standard InChI is InChI=1S/C49H89O13P/c1-3-5-7-9-11-13-15-17-19-20-21-22-24-25-27-29-31-33-35-37-42(50)59-39-41(40-60-63(57,58)62-49-47(55)45(53)44(52)46(54)48(49)56)61-43(51)38-36-34-32-30-28-26-23-18-16-14-12-10-8-6-4-2/h11,13,17,19,32,34,41,44-49,52-56H,3-10,12,14-16,18,20-31,33,35-40H2,1-2H3,(H,57,58)/b13-11+,19-17+,34-32+/t41-,44?,45-,46?,47?,48?,49?/m0/s1. The van der Waals surface area contributed by atoms with E-state index in [-0.39, 0.29) is 12.8 Å². The highest BCUT2D eigenvalue weighted by molar-refractivity contribution is 7.47. The summed E-state index contributed by atoms with van der Waals surface area (Å²) in [5.41, 5.74) is 0. The van der Waals surface area contributed by atoms with Crippen molar-refractivity contribution in [1.82, 2.24) is 0 Å². The minimum atomic E-state index is -5.13. The molecule has 0 spiro atoms. The van der Waals surface area contributed by atoms with E-state index in [9.17, 15) is 44.6 Å². The van der Waals surface area contributed by atoms with E-state index in [1.807, 2.05) is 12.2 Å². The van der Waals surface area contributed by atoms with Crippen LogP contribution < -0.4 is 0 Å². The first kappa shape index (κ1) is 59.1. The first-order valence-corrected chi connectivity index (χ1v) is 26.3. The zero-order chi connectivity index (χ0) is 46.4. The molecule has 368 valence electrons. The van der Waals surface area contributed by atoms with Crippen LogP contribution in [0.1, 0.15) is 206 Å². The third-order valence-electron chi connectivity index (χ3n) is 11.5. The van der Waals surface area contributed by atoms with Crippen molar-refractivity contribution in [3.05, 3.63) is 36.5 Å². The predicted octanol–water partition coefficient (Wildman–Crippen LogP) is 10.2. The van der Waals surface area contributed by atoms with Gasteiger partial charge in [0.2, 0.25) is 0 Å². The number of allylic oxidation sites excluding steroid dienone is 6. The molecule has 0 heterocycles. The molecule has 8 atom stereocenters. The number of unbranched alkanes of at least 4 members (excludes halogenated alkanes) is 23. The van der Waals surface area contributed by atoms with Gasteiger partial charge in [-0.15, -0.1) is 0 Å². The van der Waals surface area contributed by atoms with Gasteiger partial charge in [0.25, 0.3) is 0 Å². The number of hydrogen-bond acceptors (Lipinski definition) is 12. The molecule has 1 aliphatic rings. The van der Waals surface area contributed by atoms with Crippen molar-refractivity contribution < 1.29 is 63.1 Å². The maximum absolute atomic E-state index is 12.8. The molecule has 0 aromatic rings. The lowest BCUT2D eigenvalue weighted by molar-refractivity contribution is -0.220. The maximum Gasteiger partial charge on any atom is 0.472 e. The number of phosphoric acid groups is 1. The molecule has 14 heteroatoms. The average molecular weight is 917 g/mol. The number of esters is 2. The summed E-state index contributed by atoms with van der Waals surface area (Å²) in [5.74, 6) is -1.16. The first-order chi connectivity index (χ1) is 30.4. The van der Waals surface area contributed by atoms with Crippen molar-refractivity contribution in [3.63, 3.8) is 0 Å². The van der Waals surface area contributed by atoms with Crippen molar-refractivity contribution in [2.75, 3.05) is 13.2 Å². The Labute approximate surface area is 380 Å². The Balaban J connectivity index is 2.43. The Morgan fingerprint density at radius 2 is 0.889 bits per heavy atom. The van der Waals surface area contributed by atoms with E-state index in [0.717, 1.165) is 51.4 Å². The summed E-state index contributed by atoms with van der Waals surface area (Å²) >= 11 is 0. The van der Waals surface area contributed by atoms with Crippen LogP contribution >= 0.6 is 7.82 Å². The van der Waals surface area contributed by atoms with Crippen LogP contribution in [0, 0.1) is 0 Å². The molecule has 0 bridgehead atoms. The SMILES string of the molecule is CCCCC/C=C/C/C=C/CCCCCCCCCCCC(=O)OC[C@@H](COP(=O)(O)OC1C(O)C(O)C(O)[C@H](O)C1O)OC(=O)CC/C=C/CCCCCCCCCCCCC. The van der Waals surface area contributed by atoms with E-state index >= 15 is 0 Å². The fourth-order valence-electron chi connectivity index (χ4n) is 7.45. The molecule has 1 rings (SSSR count). The monoisotopic (exact) mass is 917 g/mol. The summed E-state index contributed by atoms with van der Waals surface area (Å²) in [6.45, 7) is 3.26. The van der Waals surface area contributed by atoms with Crippen molar-refractivity contribution in [2.45, 2.75) is 249 Å². The van der Waals surface area contributed by atoms with Crippen LogP contribution in [-0.2, 0) is 32.7 Å². The van der Waals surface area contributed by atoms with Crippen LogP contribution in [-0.4, -0.2) is 98.3 Å². The third kappa shape index (κ3) is 31.6. The minimum absolute atomic E-state index is 0.0136. The Morgan fingerprint density at radius 1 is 0.492 bits per heavy atom. The Hall–Kier alpha value is -1.93. The van der Waals surface area contributed by atoms with E-state index < -0.39 is 75.7 Å². The average Bonchev–Trinajstić information content (AvgIpc) is 3.26. The van der Waals surface area contributed by atoms with Crippen LogP contribution in [0.4, 0.5) is 0 Å². The van der Waals surface area contributed by atoms with E-state index in [0.29, 0.717) is 12.8 Å². The van der Waals surface area contributed by atoms with Crippen LogP contribution in [0.5, 0.6) is 0 Å². The van der Waals surface area contributed by atoms with Crippen LogP contribution in [0.25, 0.3) is 0 Å². The fraction of sp³-hybridized carbons (Fsp3) is 0.837. The predicted molar refractivity (Wildman–Crippen MR) is 249 cm³/mol. The van der Waals surface area contributed by atoms with Crippen molar-refractivity contribution in [2.24, 2.45) is 0 Å². The number of phosphoric ester groups is 1. The number of hydrogen-bond donors (Lipinski definition) is 6. The summed E-state index contributed by atoms with van der Waals surface area (Å²) in [6, 6.07) is 0. The molecule has 0 amide bonds. The number of aliphatic hydroxyl groups excluding tert-OH is 5. The highest BCUT2D eigenvalue weighted by Crippen LogP contribution is 2.47. The number of rotatable bonds is 41. The van der Waals surface area contributed by atoms with Gasteiger partial charge in [0.15, 0.2) is 6.10 Å². The molecule has 13 nitrogen and oxygen atoms in total. The second kappa shape index (κ2) is 39.3. The quantitative estimate of drug-likeness (QED) is 0.0146. The maximum atomic E-state index is 12.8. The minimum Gasteiger partial charge on any atom is -0.462 e. The number of aliphatic hydroxyl groups is 5. The number of ether oxygens (including phenoxy) is 2. The number of carbonyl (C=O) groups is 2. The molecule has 0 radical (unpaired) electrons. The molecule has 0 aromatic carbocycles. The normalized spacial score (nSPS) is 22.0. The van der Waals surface area contributed by atoms with Gasteiger partial charge >= 0.3 is 19.8 Å². The fourth-order valence-corrected chi connectivity index (χ4v) is 8.43. The lowest BCUT2D eigenvalue weighted by Crippen LogP contribution is -2.64. The molecule has 1 saturated carbocycles. The van der Waals surface area contributed by atoms with Gasteiger partial charge in [0.1, 0.15) is 43.2 Å². The van der Waals surface area contributed by atoms with Crippen molar-refractivity contribution in [1.29, 1.82) is 0 Å². The molecular weight excluding hydrogens is 827 g/mol. The summed E-state index contributed by atoms with van der Waals surface area (Å²) in [7, 11) is -5.13. The Kier molecular flexibility index (Phi) is 36.8. The molecule has 63 heavy (non-hydrogen) atoms. The van der Waals surface area contributed by atoms with E-state index in [4.69, 9.17) is 18.5 Å². The van der Waals surface area contributed by atoms with Gasteiger partial charge in [-0.3, -0.25) is 18.6 Å². The largest absolute Gasteiger partial charge is 0.472 e. The zero-order valence-electron chi connectivity index (χ0n) is 39.1. The van der Waals surface area contributed by atoms with Gasteiger partial charge in [-0.25, -0.2) is 4.57 Å². The second-order valence-corrected chi connectivity index (χ2v) is 18.7. The molecule has 1 aliphatic carbocycles. The van der Waals surface area contributed by atoms with E-state index in [1.165, 1.54) is 116 Å². The van der Waals surface area contributed by atoms with E-state index in [2.05, 4.69) is 38.2 Å². The highest BCUT2D eigenvalue weighted by atomic mass is 31.2. The van der Waals surface area contributed by atoms with Gasteiger partial charge < -0.3 is 39.9 Å². The Bertz CT molecular complexity index is 1240. The van der Waals surface area contributed by atoms with Gasteiger partial charge in [-0.1, -0.05) is 172 Å². The highest BCUT2D eigenvalue weighted by Gasteiger charge is 2.51. The van der Waals surface area contributed by atoms with Crippen LogP contribution in [0.2, 0.25) is 0 Å². The van der Waals surface area contributed by atoms with Gasteiger partial charge in [0.05, 0.1) is 6.61 Å². The van der Waals surface area contributed by atoms with Gasteiger partial charge in [-0.05, 0) is 57.8 Å². The smallest absolute Gasteiger partial charge is 0.462 e. The zero-order valence-corrected chi connectivity index (χ0v) is 40.0. The van der Waals surface area contributed by atoms with Gasteiger partial charge in [-0.2, -0.15) is 0 Å². The molecule has 6 N–H and O–H groups in total. The molecule has 1 fully saturated rings. The lowest BCUT2D eigenvalue weighted by atomic mass is 9.85. The molecule has 6 unspecified atom stereocenters. The van der Waals surface area contributed by atoms with E-state index in [1.54, 1.807) is 0 Å². The van der Waals surface area contributed by atoms with Crippen LogP contribution in [0.15, 0.2) is 36.5 Å². The van der Waals surface area contributed by atoms with Crippen molar-refractivity contribution >= 4 is 19.8 Å². The third-order valence-corrected chi connectivity index (χ3v) is 12.5. The lowest BCUT2D eigenvalue weighted by Gasteiger charge is -2.41. The molecule has 0 aliphatic heterocycles. The van der Waals surface area contributed by atoms with Crippen LogP contribution in [0.3, 0.4) is 0 Å². The summed E-state index contributed by atoms with van der Waals surface area (Å²) < 4.78 is 33.5. The molecular formula is C49H89O13P. The van der Waals surface area contributed by atoms with Gasteiger partial charge in [0, 0.05) is 12.8 Å². The van der Waals surface area contributed by atoms with Crippen molar-refractivity contribution in [3.8, 4) is 0 Å². The molecule has 0 saturated heterocycles.